The second-order valence-corrected chi connectivity index (χ2v) is 5.39. The van der Waals surface area contributed by atoms with E-state index in [0.29, 0.717) is 36.7 Å². The van der Waals surface area contributed by atoms with Crippen molar-refractivity contribution in [2.24, 2.45) is 0 Å². The fraction of sp³-hybridized carbons (Fsp3) is 0.533. The molecule has 1 aromatic carbocycles. The lowest BCUT2D eigenvalue weighted by molar-refractivity contribution is 0.0154. The monoisotopic (exact) mass is 299 g/mol. The Morgan fingerprint density at radius 2 is 2.15 bits per heavy atom. The SMILES string of the molecule is Cc1cc(F)ccc1C(=O)N1CCC(OCCCl)CC1. The molecule has 1 aliphatic heterocycles. The highest BCUT2D eigenvalue weighted by Crippen LogP contribution is 2.18. The number of amides is 1. The van der Waals surface area contributed by atoms with Crippen LogP contribution in [0.4, 0.5) is 4.39 Å². The van der Waals surface area contributed by atoms with Gasteiger partial charge in [-0.25, -0.2) is 4.39 Å². The molecule has 5 heteroatoms. The van der Waals surface area contributed by atoms with Crippen molar-refractivity contribution in [3.63, 3.8) is 0 Å². The minimum atomic E-state index is -0.313. The standard InChI is InChI=1S/C15H19ClFNO2/c1-11-10-12(17)2-3-14(11)15(19)18-7-4-13(5-8-18)20-9-6-16/h2-3,10,13H,4-9H2,1H3. The zero-order valence-electron chi connectivity index (χ0n) is 11.6. The van der Waals surface area contributed by atoms with Crippen molar-refractivity contribution in [1.82, 2.24) is 4.90 Å². The van der Waals surface area contributed by atoms with Crippen molar-refractivity contribution in [2.45, 2.75) is 25.9 Å². The number of carbonyl (C=O) groups is 1. The van der Waals surface area contributed by atoms with Gasteiger partial charge in [-0.2, -0.15) is 0 Å². The molecule has 0 radical (unpaired) electrons. The number of hydrogen-bond donors (Lipinski definition) is 0. The summed E-state index contributed by atoms with van der Waals surface area (Å²) in [5.74, 6) is 0.152. The number of ether oxygens (including phenoxy) is 1. The van der Waals surface area contributed by atoms with Crippen LogP contribution in [0.5, 0.6) is 0 Å². The quantitative estimate of drug-likeness (QED) is 0.800. The third-order valence-corrected chi connectivity index (χ3v) is 3.73. The summed E-state index contributed by atoms with van der Waals surface area (Å²) in [5, 5.41) is 0. The Hall–Kier alpha value is -1.13. The molecule has 1 saturated heterocycles. The van der Waals surface area contributed by atoms with Crippen LogP contribution in [0.1, 0.15) is 28.8 Å². The van der Waals surface area contributed by atoms with Crippen LogP contribution in [-0.4, -0.2) is 42.5 Å². The summed E-state index contributed by atoms with van der Waals surface area (Å²) in [6.45, 7) is 3.65. The van der Waals surface area contributed by atoms with Gasteiger partial charge in [0.25, 0.3) is 5.91 Å². The lowest BCUT2D eigenvalue weighted by Gasteiger charge is -2.32. The van der Waals surface area contributed by atoms with Crippen molar-refractivity contribution < 1.29 is 13.9 Å². The molecular weight excluding hydrogens is 281 g/mol. The Morgan fingerprint density at radius 1 is 1.45 bits per heavy atom. The Kier molecular flexibility index (Phi) is 5.38. The Bertz CT molecular complexity index is 473. The van der Waals surface area contributed by atoms with E-state index >= 15 is 0 Å². The van der Waals surface area contributed by atoms with Gasteiger partial charge in [-0.3, -0.25) is 4.79 Å². The molecule has 0 unspecified atom stereocenters. The van der Waals surface area contributed by atoms with Crippen LogP contribution in [0.2, 0.25) is 0 Å². The molecule has 20 heavy (non-hydrogen) atoms. The highest BCUT2D eigenvalue weighted by atomic mass is 35.5. The molecule has 3 nitrogen and oxygen atoms in total. The Morgan fingerprint density at radius 3 is 2.75 bits per heavy atom. The van der Waals surface area contributed by atoms with Crippen LogP contribution in [-0.2, 0) is 4.74 Å². The maximum Gasteiger partial charge on any atom is 0.254 e. The average Bonchev–Trinajstić information content (AvgIpc) is 2.45. The van der Waals surface area contributed by atoms with Gasteiger partial charge in [0.1, 0.15) is 5.82 Å². The number of benzene rings is 1. The van der Waals surface area contributed by atoms with Gasteiger partial charge < -0.3 is 9.64 Å². The summed E-state index contributed by atoms with van der Waals surface area (Å²) in [4.78, 5) is 14.2. The first kappa shape index (κ1) is 15.3. The maximum atomic E-state index is 13.1. The molecule has 0 N–H and O–H groups in total. The van der Waals surface area contributed by atoms with E-state index in [1.54, 1.807) is 17.9 Å². The van der Waals surface area contributed by atoms with Crippen molar-refractivity contribution in [1.29, 1.82) is 0 Å². The zero-order chi connectivity index (χ0) is 14.5. The number of alkyl halides is 1. The average molecular weight is 300 g/mol. The van der Waals surface area contributed by atoms with Gasteiger partial charge in [-0.05, 0) is 43.5 Å². The lowest BCUT2D eigenvalue weighted by atomic mass is 10.0. The number of aryl methyl sites for hydroxylation is 1. The first-order valence-corrected chi connectivity index (χ1v) is 7.38. The number of nitrogens with zero attached hydrogens (tertiary/aromatic N) is 1. The van der Waals surface area contributed by atoms with Crippen LogP contribution in [0.3, 0.4) is 0 Å². The largest absolute Gasteiger partial charge is 0.377 e. The lowest BCUT2D eigenvalue weighted by Crippen LogP contribution is -2.41. The van der Waals surface area contributed by atoms with Gasteiger partial charge in [-0.15, -0.1) is 11.6 Å². The summed E-state index contributed by atoms with van der Waals surface area (Å²) in [6, 6.07) is 4.28. The molecule has 0 aromatic heterocycles. The number of piperidine rings is 1. The van der Waals surface area contributed by atoms with E-state index in [0.717, 1.165) is 12.8 Å². The summed E-state index contributed by atoms with van der Waals surface area (Å²) >= 11 is 5.59. The van der Waals surface area contributed by atoms with E-state index in [-0.39, 0.29) is 17.8 Å². The van der Waals surface area contributed by atoms with E-state index in [1.807, 2.05) is 0 Å². The maximum absolute atomic E-state index is 13.1. The van der Waals surface area contributed by atoms with E-state index in [9.17, 15) is 9.18 Å². The smallest absolute Gasteiger partial charge is 0.254 e. The van der Waals surface area contributed by atoms with Crippen LogP contribution >= 0.6 is 11.6 Å². The molecule has 1 aliphatic rings. The molecule has 0 bridgehead atoms. The van der Waals surface area contributed by atoms with Crippen molar-refractivity contribution >= 4 is 17.5 Å². The second-order valence-electron chi connectivity index (χ2n) is 5.01. The van der Waals surface area contributed by atoms with Crippen molar-refractivity contribution in [3.8, 4) is 0 Å². The molecule has 1 heterocycles. The molecular formula is C15H19ClFNO2. The summed E-state index contributed by atoms with van der Waals surface area (Å²) < 4.78 is 18.7. The fourth-order valence-corrected chi connectivity index (χ4v) is 2.56. The molecule has 1 amide bonds. The molecule has 1 aromatic rings. The van der Waals surface area contributed by atoms with Crippen molar-refractivity contribution in [2.75, 3.05) is 25.6 Å². The molecule has 0 atom stereocenters. The number of halogens is 2. The van der Waals surface area contributed by atoms with E-state index in [4.69, 9.17) is 16.3 Å². The van der Waals surface area contributed by atoms with Gasteiger partial charge in [0.15, 0.2) is 0 Å². The van der Waals surface area contributed by atoms with Crippen LogP contribution in [0, 0.1) is 12.7 Å². The topological polar surface area (TPSA) is 29.5 Å². The molecule has 110 valence electrons. The van der Waals surface area contributed by atoms with E-state index < -0.39 is 0 Å². The number of rotatable bonds is 4. The van der Waals surface area contributed by atoms with Gasteiger partial charge >= 0.3 is 0 Å². The van der Waals surface area contributed by atoms with Gasteiger partial charge in [0.05, 0.1) is 12.7 Å². The van der Waals surface area contributed by atoms with Gasteiger partial charge in [-0.1, -0.05) is 0 Å². The third-order valence-electron chi connectivity index (χ3n) is 3.58. The van der Waals surface area contributed by atoms with Crippen molar-refractivity contribution in [3.05, 3.63) is 35.1 Å². The minimum Gasteiger partial charge on any atom is -0.377 e. The van der Waals surface area contributed by atoms with E-state index in [2.05, 4.69) is 0 Å². The van der Waals surface area contributed by atoms with Crippen LogP contribution in [0.25, 0.3) is 0 Å². The molecule has 0 saturated carbocycles. The Labute approximate surface area is 123 Å². The predicted molar refractivity (Wildman–Crippen MR) is 76.7 cm³/mol. The predicted octanol–water partition coefficient (Wildman–Crippen LogP) is 2.99. The molecule has 2 rings (SSSR count). The first-order chi connectivity index (χ1) is 9.61. The molecule has 1 fully saturated rings. The summed E-state index contributed by atoms with van der Waals surface area (Å²) in [7, 11) is 0. The highest BCUT2D eigenvalue weighted by Gasteiger charge is 2.24. The third kappa shape index (κ3) is 3.70. The molecule has 0 spiro atoms. The normalized spacial score (nSPS) is 16.4. The number of likely N-dealkylation sites (tertiary alicyclic amines) is 1. The number of carbonyl (C=O) groups excluding carboxylic acids is 1. The van der Waals surface area contributed by atoms with Crippen LogP contribution in [0.15, 0.2) is 18.2 Å². The summed E-state index contributed by atoms with van der Waals surface area (Å²) in [5.41, 5.74) is 1.25. The fourth-order valence-electron chi connectivity index (χ4n) is 2.47. The minimum absolute atomic E-state index is 0.0294. The second kappa shape index (κ2) is 7.04. The first-order valence-electron chi connectivity index (χ1n) is 6.85. The van der Waals surface area contributed by atoms with Crippen LogP contribution < -0.4 is 0 Å². The zero-order valence-corrected chi connectivity index (χ0v) is 12.3. The number of hydrogen-bond acceptors (Lipinski definition) is 2. The molecule has 0 aliphatic carbocycles. The van der Waals surface area contributed by atoms with E-state index in [1.165, 1.54) is 12.1 Å². The Balaban J connectivity index is 1.94. The van der Waals surface area contributed by atoms with Gasteiger partial charge in [0.2, 0.25) is 0 Å². The highest BCUT2D eigenvalue weighted by molar-refractivity contribution is 6.17. The summed E-state index contributed by atoms with van der Waals surface area (Å²) in [6.07, 6.45) is 1.83. The van der Waals surface area contributed by atoms with Gasteiger partial charge in [0, 0.05) is 24.5 Å².